The average Bonchev–Trinajstić information content (AvgIpc) is 2.35. The summed E-state index contributed by atoms with van der Waals surface area (Å²) in [6.45, 7) is 2.74. The highest BCUT2D eigenvalue weighted by molar-refractivity contribution is 9.10. The fourth-order valence-corrected chi connectivity index (χ4v) is 2.76. The summed E-state index contributed by atoms with van der Waals surface area (Å²) in [5.74, 6) is 0.576. The van der Waals surface area contributed by atoms with Gasteiger partial charge in [-0.3, -0.25) is 4.79 Å². The maximum absolute atomic E-state index is 12.3. The second-order valence-corrected chi connectivity index (χ2v) is 5.82. The number of amides is 1. The molecule has 0 radical (unpaired) electrons. The molecule has 3 rings (SSSR count). The molecule has 0 atom stereocenters. The molecular weight excluding hydrogens is 304 g/mol. The Balaban J connectivity index is 1.87. The predicted molar refractivity (Wildman–Crippen MR) is 80.3 cm³/mol. The average molecular weight is 319 g/mol. The molecule has 0 spiro atoms. The molecule has 0 aromatic heterocycles. The van der Waals surface area contributed by atoms with Crippen LogP contribution in [0.1, 0.15) is 10.4 Å². The maximum Gasteiger partial charge on any atom is 0.251 e. The number of carbonyl (C=O) groups excluding carboxylic acids is 1. The van der Waals surface area contributed by atoms with Crippen LogP contribution in [-0.4, -0.2) is 25.5 Å². The number of hydrogen-bond acceptors (Lipinski definition) is 2. The molecule has 1 saturated heterocycles. The largest absolute Gasteiger partial charge is 0.352 e. The van der Waals surface area contributed by atoms with E-state index in [1.807, 2.05) is 36.4 Å². The van der Waals surface area contributed by atoms with Gasteiger partial charge in [0.1, 0.15) is 0 Å². The van der Waals surface area contributed by atoms with Gasteiger partial charge in [0.25, 0.3) is 5.91 Å². The van der Waals surface area contributed by atoms with Crippen LogP contribution >= 0.6 is 15.9 Å². The Morgan fingerprint density at radius 1 is 1.32 bits per heavy atom. The minimum absolute atomic E-state index is 0.00407. The van der Waals surface area contributed by atoms with Gasteiger partial charge in [-0.1, -0.05) is 40.2 Å². The lowest BCUT2D eigenvalue weighted by Crippen LogP contribution is -2.48. The van der Waals surface area contributed by atoms with Gasteiger partial charge in [-0.2, -0.15) is 0 Å². The molecule has 1 aliphatic rings. The van der Waals surface area contributed by atoms with E-state index < -0.39 is 0 Å². The maximum atomic E-state index is 12.3. The second kappa shape index (κ2) is 5.31. The summed E-state index contributed by atoms with van der Waals surface area (Å²) in [4.78, 5) is 12.3. The lowest BCUT2D eigenvalue weighted by molar-refractivity contribution is 0.0944. The summed E-state index contributed by atoms with van der Waals surface area (Å²) in [5, 5.41) is 8.30. The van der Waals surface area contributed by atoms with Gasteiger partial charge < -0.3 is 10.6 Å². The lowest BCUT2D eigenvalue weighted by Gasteiger charge is -2.27. The van der Waals surface area contributed by atoms with E-state index in [2.05, 4.69) is 26.6 Å². The number of hydrogen-bond donors (Lipinski definition) is 2. The number of halogens is 1. The van der Waals surface area contributed by atoms with E-state index >= 15 is 0 Å². The fraction of sp³-hybridized carbons (Fsp3) is 0.267. The summed E-state index contributed by atoms with van der Waals surface area (Å²) in [7, 11) is 0. The first-order valence-electron chi connectivity index (χ1n) is 6.41. The Kier molecular flexibility index (Phi) is 3.53. The molecule has 2 aromatic carbocycles. The first-order chi connectivity index (χ1) is 9.24. The van der Waals surface area contributed by atoms with Crippen molar-refractivity contribution < 1.29 is 4.79 Å². The van der Waals surface area contributed by atoms with Gasteiger partial charge in [0.05, 0.1) is 0 Å². The van der Waals surface area contributed by atoms with E-state index in [9.17, 15) is 4.79 Å². The SMILES string of the molecule is O=C(NCC1CNC1)c1cc(Br)cc2ccccc12. The van der Waals surface area contributed by atoms with Crippen molar-refractivity contribution in [3.63, 3.8) is 0 Å². The number of benzene rings is 2. The fourth-order valence-electron chi connectivity index (χ4n) is 2.29. The van der Waals surface area contributed by atoms with E-state index in [-0.39, 0.29) is 5.91 Å². The topological polar surface area (TPSA) is 41.1 Å². The van der Waals surface area contributed by atoms with E-state index in [4.69, 9.17) is 0 Å². The number of nitrogens with one attached hydrogen (secondary N) is 2. The van der Waals surface area contributed by atoms with Crippen molar-refractivity contribution in [3.8, 4) is 0 Å². The second-order valence-electron chi connectivity index (χ2n) is 4.91. The summed E-state index contributed by atoms with van der Waals surface area (Å²) in [6.07, 6.45) is 0. The first kappa shape index (κ1) is 12.6. The molecule has 1 heterocycles. The number of rotatable bonds is 3. The first-order valence-corrected chi connectivity index (χ1v) is 7.20. The van der Waals surface area contributed by atoms with E-state index in [1.54, 1.807) is 0 Å². The highest BCUT2D eigenvalue weighted by Gasteiger charge is 2.18. The molecule has 1 fully saturated rings. The van der Waals surface area contributed by atoms with Gasteiger partial charge in [0.15, 0.2) is 0 Å². The smallest absolute Gasteiger partial charge is 0.251 e. The van der Waals surface area contributed by atoms with Gasteiger partial charge >= 0.3 is 0 Å². The number of carbonyl (C=O) groups is 1. The van der Waals surface area contributed by atoms with Crippen LogP contribution in [0.2, 0.25) is 0 Å². The molecule has 0 saturated carbocycles. The van der Waals surface area contributed by atoms with Crippen LogP contribution in [0, 0.1) is 5.92 Å². The zero-order valence-corrected chi connectivity index (χ0v) is 12.0. The van der Waals surface area contributed by atoms with E-state index in [0.29, 0.717) is 5.92 Å². The van der Waals surface area contributed by atoms with Crippen molar-refractivity contribution in [2.75, 3.05) is 19.6 Å². The van der Waals surface area contributed by atoms with Gasteiger partial charge in [0, 0.05) is 35.6 Å². The Labute approximate surface area is 120 Å². The molecule has 4 heteroatoms. The highest BCUT2D eigenvalue weighted by atomic mass is 79.9. The van der Waals surface area contributed by atoms with Crippen LogP contribution in [0.3, 0.4) is 0 Å². The van der Waals surface area contributed by atoms with Crippen molar-refractivity contribution in [3.05, 3.63) is 46.4 Å². The molecule has 0 aliphatic carbocycles. The summed E-state index contributed by atoms with van der Waals surface area (Å²) in [5.41, 5.74) is 0.734. The molecule has 2 aromatic rings. The molecule has 1 aliphatic heterocycles. The van der Waals surface area contributed by atoms with E-state index in [0.717, 1.165) is 40.4 Å². The molecule has 0 unspecified atom stereocenters. The zero-order valence-electron chi connectivity index (χ0n) is 10.4. The molecule has 2 N–H and O–H groups in total. The molecule has 3 nitrogen and oxygen atoms in total. The van der Waals surface area contributed by atoms with Crippen LogP contribution in [0.4, 0.5) is 0 Å². The summed E-state index contributed by atoms with van der Waals surface area (Å²) in [6, 6.07) is 11.9. The molecule has 19 heavy (non-hydrogen) atoms. The quantitative estimate of drug-likeness (QED) is 0.913. The van der Waals surface area contributed by atoms with Crippen molar-refractivity contribution >= 4 is 32.6 Å². The zero-order chi connectivity index (χ0) is 13.2. The van der Waals surface area contributed by atoms with Crippen LogP contribution in [0.25, 0.3) is 10.8 Å². The van der Waals surface area contributed by atoms with Crippen molar-refractivity contribution in [1.82, 2.24) is 10.6 Å². The Morgan fingerprint density at radius 3 is 2.84 bits per heavy atom. The van der Waals surface area contributed by atoms with Crippen molar-refractivity contribution in [1.29, 1.82) is 0 Å². The monoisotopic (exact) mass is 318 g/mol. The normalized spacial score (nSPS) is 15.2. The van der Waals surface area contributed by atoms with Crippen molar-refractivity contribution in [2.24, 2.45) is 5.92 Å². The third-order valence-electron chi connectivity index (χ3n) is 3.49. The molecular formula is C15H15BrN2O. The van der Waals surface area contributed by atoms with Gasteiger partial charge in [-0.05, 0) is 22.9 Å². The van der Waals surface area contributed by atoms with Gasteiger partial charge in [0.2, 0.25) is 0 Å². The predicted octanol–water partition coefficient (Wildman–Crippen LogP) is 2.55. The highest BCUT2D eigenvalue weighted by Crippen LogP contribution is 2.24. The summed E-state index contributed by atoms with van der Waals surface area (Å²) < 4.78 is 0.932. The van der Waals surface area contributed by atoms with E-state index in [1.165, 1.54) is 0 Å². The number of fused-ring (bicyclic) bond motifs is 1. The van der Waals surface area contributed by atoms with Crippen LogP contribution in [-0.2, 0) is 0 Å². The molecule has 98 valence electrons. The lowest BCUT2D eigenvalue weighted by atomic mass is 10.0. The minimum Gasteiger partial charge on any atom is -0.352 e. The van der Waals surface area contributed by atoms with Gasteiger partial charge in [-0.15, -0.1) is 0 Å². The van der Waals surface area contributed by atoms with Crippen LogP contribution in [0.5, 0.6) is 0 Å². The molecule has 1 amide bonds. The molecule has 0 bridgehead atoms. The third-order valence-corrected chi connectivity index (χ3v) is 3.95. The van der Waals surface area contributed by atoms with Crippen LogP contribution < -0.4 is 10.6 Å². The third kappa shape index (κ3) is 2.65. The Bertz CT molecular complexity index is 623. The minimum atomic E-state index is 0.00407. The standard InChI is InChI=1S/C15H15BrN2O/c16-12-5-11-3-1-2-4-13(11)14(6-12)15(19)18-9-10-7-17-8-10/h1-6,10,17H,7-9H2,(H,18,19). The van der Waals surface area contributed by atoms with Crippen LogP contribution in [0.15, 0.2) is 40.9 Å². The summed E-state index contributed by atoms with van der Waals surface area (Å²) >= 11 is 3.47. The Hall–Kier alpha value is -1.39. The van der Waals surface area contributed by atoms with Crippen molar-refractivity contribution in [2.45, 2.75) is 0 Å². The Morgan fingerprint density at radius 2 is 2.11 bits per heavy atom. The van der Waals surface area contributed by atoms with Gasteiger partial charge in [-0.25, -0.2) is 0 Å².